The summed E-state index contributed by atoms with van der Waals surface area (Å²) in [5.74, 6) is -11.3. The van der Waals surface area contributed by atoms with Crippen molar-refractivity contribution in [2.24, 2.45) is 0 Å². The first-order valence-corrected chi connectivity index (χ1v) is 3.39. The molecule has 2 nitrogen and oxygen atoms in total. The fraction of sp³-hybridized carbons (Fsp3) is 0.714. The van der Waals surface area contributed by atoms with Crippen molar-refractivity contribution in [3.63, 3.8) is 0 Å². The maximum absolute atomic E-state index is 13.0. The maximum atomic E-state index is 13.0. The molecule has 0 aliphatic heterocycles. The summed E-state index contributed by atoms with van der Waals surface area (Å²) in [6, 6.07) is 0. The van der Waals surface area contributed by atoms with Gasteiger partial charge >= 0.3 is 11.8 Å². The molecule has 13 heavy (non-hydrogen) atoms. The van der Waals surface area contributed by atoms with Crippen molar-refractivity contribution in [3.05, 3.63) is 12.2 Å². The second kappa shape index (κ2) is 2.68. The lowest BCUT2D eigenvalue weighted by Crippen LogP contribution is -2.54. The summed E-state index contributed by atoms with van der Waals surface area (Å²) < 4.78 is 59.7. The van der Waals surface area contributed by atoms with E-state index in [1.54, 1.807) is 0 Å². The number of alkyl halides is 4. The van der Waals surface area contributed by atoms with Crippen LogP contribution in [0.5, 0.6) is 0 Å². The molecular weight excluding hydrogens is 192 g/mol. The molecule has 0 aromatic heterocycles. The van der Waals surface area contributed by atoms with Crippen molar-refractivity contribution in [1.82, 2.24) is 0 Å². The van der Waals surface area contributed by atoms with Crippen LogP contribution in [-0.4, -0.2) is 31.9 Å². The molecule has 0 amide bonds. The number of ether oxygens (including phenoxy) is 2. The Morgan fingerprint density at radius 1 is 0.923 bits per heavy atom. The smallest absolute Gasteiger partial charge is 0.345 e. The average Bonchev–Trinajstić information content (AvgIpc) is 2.22. The van der Waals surface area contributed by atoms with Crippen molar-refractivity contribution in [1.29, 1.82) is 0 Å². The molecule has 0 saturated carbocycles. The topological polar surface area (TPSA) is 18.5 Å². The third-order valence-corrected chi connectivity index (χ3v) is 1.97. The third-order valence-electron chi connectivity index (χ3n) is 1.97. The molecule has 0 radical (unpaired) electrons. The van der Waals surface area contributed by atoms with Gasteiger partial charge < -0.3 is 9.47 Å². The molecule has 6 heteroatoms. The van der Waals surface area contributed by atoms with Crippen LogP contribution in [-0.2, 0) is 9.47 Å². The van der Waals surface area contributed by atoms with Crippen molar-refractivity contribution in [3.8, 4) is 0 Å². The maximum Gasteiger partial charge on any atom is 0.370 e. The Hall–Kier alpha value is -0.620. The van der Waals surface area contributed by atoms with E-state index in [2.05, 4.69) is 9.47 Å². The number of methoxy groups -OCH3 is 2. The van der Waals surface area contributed by atoms with E-state index in [0.29, 0.717) is 6.08 Å². The summed E-state index contributed by atoms with van der Waals surface area (Å²) in [6.45, 7) is 0. The van der Waals surface area contributed by atoms with Crippen LogP contribution < -0.4 is 0 Å². The molecule has 1 aliphatic rings. The van der Waals surface area contributed by atoms with Gasteiger partial charge in [-0.25, -0.2) is 0 Å². The van der Waals surface area contributed by atoms with Crippen molar-refractivity contribution >= 4 is 0 Å². The predicted octanol–water partition coefficient (Wildman–Crippen LogP) is 1.82. The van der Waals surface area contributed by atoms with Gasteiger partial charge in [0.05, 0.1) is 0 Å². The first-order valence-electron chi connectivity index (χ1n) is 3.39. The molecule has 0 fully saturated rings. The Morgan fingerprint density at radius 3 is 1.54 bits per heavy atom. The average molecular weight is 200 g/mol. The van der Waals surface area contributed by atoms with E-state index in [0.717, 1.165) is 14.2 Å². The van der Waals surface area contributed by atoms with Crippen molar-refractivity contribution < 1.29 is 27.0 Å². The van der Waals surface area contributed by atoms with Gasteiger partial charge in [-0.05, 0) is 12.2 Å². The van der Waals surface area contributed by atoms with Gasteiger partial charge in [-0.1, -0.05) is 0 Å². The largest absolute Gasteiger partial charge is 0.370 e. The first kappa shape index (κ1) is 10.5. The van der Waals surface area contributed by atoms with Crippen LogP contribution in [0.2, 0.25) is 0 Å². The standard InChI is InChI=1S/C7H8F4O2/c1-12-6(13-2)4-3-5(8,9)7(6,10)11/h3-4H,1-2H3. The van der Waals surface area contributed by atoms with E-state index in [-0.39, 0.29) is 6.08 Å². The van der Waals surface area contributed by atoms with Gasteiger partial charge in [0.15, 0.2) is 0 Å². The molecule has 76 valence electrons. The van der Waals surface area contributed by atoms with Crippen LogP contribution >= 0.6 is 0 Å². The SMILES string of the molecule is COC1(OC)C=CC(F)(F)C1(F)F. The van der Waals surface area contributed by atoms with Gasteiger partial charge in [-0.2, -0.15) is 17.6 Å². The molecule has 0 bridgehead atoms. The molecule has 0 aromatic carbocycles. The molecule has 0 saturated heterocycles. The van der Waals surface area contributed by atoms with Gasteiger partial charge in [-0.3, -0.25) is 0 Å². The highest BCUT2D eigenvalue weighted by atomic mass is 19.3. The molecule has 1 aliphatic carbocycles. The lowest BCUT2D eigenvalue weighted by atomic mass is 10.1. The second-order valence-corrected chi connectivity index (χ2v) is 2.61. The minimum Gasteiger partial charge on any atom is -0.345 e. The molecular formula is C7H8F4O2. The summed E-state index contributed by atoms with van der Waals surface area (Å²) in [5, 5.41) is 0. The van der Waals surface area contributed by atoms with Crippen LogP contribution in [0.25, 0.3) is 0 Å². The van der Waals surface area contributed by atoms with Crippen LogP contribution in [0.3, 0.4) is 0 Å². The molecule has 0 spiro atoms. The second-order valence-electron chi connectivity index (χ2n) is 2.61. The van der Waals surface area contributed by atoms with Crippen LogP contribution in [0.1, 0.15) is 0 Å². The van der Waals surface area contributed by atoms with E-state index < -0.39 is 17.6 Å². The van der Waals surface area contributed by atoms with Gasteiger partial charge in [0.2, 0.25) is 0 Å². The molecule has 0 unspecified atom stereocenters. The van der Waals surface area contributed by atoms with Crippen molar-refractivity contribution in [2.45, 2.75) is 17.6 Å². The lowest BCUT2D eigenvalue weighted by Gasteiger charge is -2.33. The van der Waals surface area contributed by atoms with E-state index in [1.165, 1.54) is 0 Å². The van der Waals surface area contributed by atoms with Gasteiger partial charge in [0.1, 0.15) is 0 Å². The fourth-order valence-corrected chi connectivity index (χ4v) is 1.13. The van der Waals surface area contributed by atoms with E-state index >= 15 is 0 Å². The van der Waals surface area contributed by atoms with Gasteiger partial charge in [0.25, 0.3) is 5.79 Å². The fourth-order valence-electron chi connectivity index (χ4n) is 1.13. The Bertz CT molecular complexity index is 233. The quantitative estimate of drug-likeness (QED) is 0.384. The van der Waals surface area contributed by atoms with E-state index in [9.17, 15) is 17.6 Å². The molecule has 0 N–H and O–H groups in total. The minimum absolute atomic E-state index is 0.0833. The van der Waals surface area contributed by atoms with E-state index in [1.807, 2.05) is 0 Å². The number of hydrogen-bond acceptors (Lipinski definition) is 2. The van der Waals surface area contributed by atoms with Crippen LogP contribution in [0, 0.1) is 0 Å². The molecule has 0 aromatic rings. The number of allylic oxidation sites excluding steroid dienone is 1. The minimum atomic E-state index is -4.39. The summed E-state index contributed by atoms with van der Waals surface area (Å²) in [6.07, 6.45) is 0.604. The van der Waals surface area contributed by atoms with E-state index in [4.69, 9.17) is 0 Å². The van der Waals surface area contributed by atoms with Gasteiger partial charge in [0, 0.05) is 14.2 Å². The van der Waals surface area contributed by atoms with Crippen molar-refractivity contribution in [2.75, 3.05) is 14.2 Å². The predicted molar refractivity (Wildman–Crippen MR) is 35.8 cm³/mol. The normalized spacial score (nSPS) is 27.8. The monoisotopic (exact) mass is 200 g/mol. The Balaban J connectivity index is 3.12. The Morgan fingerprint density at radius 2 is 1.38 bits per heavy atom. The number of halogens is 4. The summed E-state index contributed by atoms with van der Waals surface area (Å²) in [5.41, 5.74) is 0. The molecule has 0 heterocycles. The Kier molecular flexibility index (Phi) is 2.16. The first-order chi connectivity index (χ1) is 5.83. The zero-order valence-corrected chi connectivity index (χ0v) is 6.98. The Labute approximate surface area is 72.1 Å². The van der Waals surface area contributed by atoms with Crippen LogP contribution in [0.15, 0.2) is 12.2 Å². The number of hydrogen-bond donors (Lipinski definition) is 0. The zero-order valence-electron chi connectivity index (χ0n) is 6.98. The van der Waals surface area contributed by atoms with Crippen LogP contribution in [0.4, 0.5) is 17.6 Å². The summed E-state index contributed by atoms with van der Waals surface area (Å²) in [4.78, 5) is 0. The highest BCUT2D eigenvalue weighted by molar-refractivity contribution is 5.23. The summed E-state index contributed by atoms with van der Waals surface area (Å²) in [7, 11) is 1.76. The summed E-state index contributed by atoms with van der Waals surface area (Å²) >= 11 is 0. The number of rotatable bonds is 2. The highest BCUT2D eigenvalue weighted by Crippen LogP contribution is 2.50. The third kappa shape index (κ3) is 1.08. The zero-order chi connectivity index (χ0) is 10.3. The highest BCUT2D eigenvalue weighted by Gasteiger charge is 2.72. The lowest BCUT2D eigenvalue weighted by molar-refractivity contribution is -0.332. The molecule has 1 rings (SSSR count). The van der Waals surface area contributed by atoms with Gasteiger partial charge in [-0.15, -0.1) is 0 Å². The molecule has 0 atom stereocenters.